The van der Waals surface area contributed by atoms with E-state index in [1.165, 1.54) is 25.2 Å². The first-order valence-electron chi connectivity index (χ1n) is 17.3. The van der Waals surface area contributed by atoms with E-state index < -0.39 is 23.7 Å². The van der Waals surface area contributed by atoms with Gasteiger partial charge in [-0.3, -0.25) is 24.1 Å². The van der Waals surface area contributed by atoms with Crippen LogP contribution in [0.1, 0.15) is 36.5 Å². The second-order valence-electron chi connectivity index (χ2n) is 13.5. The van der Waals surface area contributed by atoms with Crippen molar-refractivity contribution in [3.05, 3.63) is 112 Å². The van der Waals surface area contributed by atoms with Gasteiger partial charge in [-0.15, -0.1) is 0 Å². The highest BCUT2D eigenvalue weighted by atomic mass is 16.5. The van der Waals surface area contributed by atoms with E-state index in [0.29, 0.717) is 45.9 Å². The fourth-order valence-corrected chi connectivity index (χ4v) is 8.00. The average Bonchev–Trinajstić information content (AvgIpc) is 3.43. The van der Waals surface area contributed by atoms with E-state index in [1.807, 2.05) is 54.6 Å². The molecule has 1 saturated heterocycles. The number of ether oxygens (including phenoxy) is 4. The molecule has 3 aromatic carbocycles. The number of hydrogen-bond donors (Lipinski definition) is 1. The van der Waals surface area contributed by atoms with Crippen LogP contribution >= 0.6 is 0 Å². The Morgan fingerprint density at radius 2 is 1.45 bits per heavy atom. The van der Waals surface area contributed by atoms with E-state index in [4.69, 9.17) is 18.9 Å². The number of benzene rings is 3. The number of Topliss-reactive ketones (excluding diaryl/α,β-unsaturated/α-hetero) is 1. The van der Waals surface area contributed by atoms with E-state index in [9.17, 15) is 24.3 Å². The third kappa shape index (κ3) is 6.13. The molecule has 4 aliphatic rings. The Hall–Kier alpha value is -6.16. The fourth-order valence-electron chi connectivity index (χ4n) is 8.00. The van der Waals surface area contributed by atoms with Crippen molar-refractivity contribution in [3.63, 3.8) is 0 Å². The van der Waals surface area contributed by atoms with Crippen molar-refractivity contribution in [1.29, 1.82) is 0 Å². The van der Waals surface area contributed by atoms with Crippen LogP contribution in [0.25, 0.3) is 18.2 Å². The molecule has 1 N–H and O–H groups in total. The number of methoxy groups -OCH3 is 4. The van der Waals surface area contributed by atoms with Gasteiger partial charge in [-0.05, 0) is 85.4 Å². The molecule has 0 radical (unpaired) electrons. The highest BCUT2D eigenvalue weighted by molar-refractivity contribution is 6.24. The largest absolute Gasteiger partial charge is 0.502 e. The normalized spacial score (nSPS) is 22.5. The molecule has 1 fully saturated rings. The summed E-state index contributed by atoms with van der Waals surface area (Å²) in [6.07, 6.45) is 11.3. The Morgan fingerprint density at radius 1 is 0.755 bits per heavy atom. The van der Waals surface area contributed by atoms with Gasteiger partial charge in [0.25, 0.3) is 0 Å². The van der Waals surface area contributed by atoms with Gasteiger partial charge in [-0.1, -0.05) is 48.1 Å². The zero-order valence-electron chi connectivity index (χ0n) is 30.0. The predicted molar refractivity (Wildman–Crippen MR) is 200 cm³/mol. The number of anilines is 1. The third-order valence-electron chi connectivity index (χ3n) is 10.6. The van der Waals surface area contributed by atoms with E-state index >= 15 is 0 Å². The number of ketones is 2. The Labute approximate surface area is 307 Å². The van der Waals surface area contributed by atoms with Gasteiger partial charge in [0, 0.05) is 28.2 Å². The van der Waals surface area contributed by atoms with Crippen molar-refractivity contribution in [2.45, 2.75) is 19.8 Å². The van der Waals surface area contributed by atoms with Crippen LogP contribution in [0, 0.1) is 23.7 Å². The lowest BCUT2D eigenvalue weighted by Gasteiger charge is -2.41. The lowest BCUT2D eigenvalue weighted by atomic mass is 9.60. The van der Waals surface area contributed by atoms with E-state index in [-0.39, 0.29) is 47.1 Å². The predicted octanol–water partition coefficient (Wildman–Crippen LogP) is 6.78. The molecule has 10 heteroatoms. The molecule has 0 unspecified atom stereocenters. The molecular formula is C43H39NO9. The van der Waals surface area contributed by atoms with Crippen molar-refractivity contribution in [2.24, 2.45) is 23.7 Å². The molecule has 3 aromatic rings. The minimum Gasteiger partial charge on any atom is -0.502 e. The number of phenols is 1. The van der Waals surface area contributed by atoms with Crippen LogP contribution in [0.5, 0.6) is 28.7 Å². The van der Waals surface area contributed by atoms with Crippen molar-refractivity contribution in [3.8, 4) is 28.7 Å². The number of fused-ring (bicyclic) bond motifs is 3. The summed E-state index contributed by atoms with van der Waals surface area (Å²) in [5.41, 5.74) is 4.76. The van der Waals surface area contributed by atoms with Crippen molar-refractivity contribution in [1.82, 2.24) is 0 Å². The first kappa shape index (κ1) is 35.3. The molecule has 0 bridgehead atoms. The lowest BCUT2D eigenvalue weighted by Crippen LogP contribution is -2.40. The highest BCUT2D eigenvalue weighted by Gasteiger charge is 2.56. The van der Waals surface area contributed by atoms with Gasteiger partial charge in [-0.25, -0.2) is 0 Å². The number of aromatic hydroxyl groups is 1. The van der Waals surface area contributed by atoms with Crippen molar-refractivity contribution < 1.29 is 43.2 Å². The molecular weight excluding hydrogens is 674 g/mol. The molecule has 2 amide bonds. The number of phenolic OH excluding ortho intramolecular Hbond substituents is 1. The number of nitrogens with zero attached hydrogens (tertiary/aromatic N) is 1. The summed E-state index contributed by atoms with van der Waals surface area (Å²) in [6, 6.07) is 16.0. The van der Waals surface area contributed by atoms with Crippen molar-refractivity contribution >= 4 is 47.3 Å². The monoisotopic (exact) mass is 713 g/mol. The SMILES string of the molecule is COc1ccc(OC)c(C=Cc2ccc(N3C(=O)[C@H]4[C@H](CC=C5[C@H](C=Cc6cc(OC)c(O)c(OC)c6)C6=C(C[C@H]54)C(=O)C=C(C)C6=O)C3=O)cc2)c1. The second kappa shape index (κ2) is 14.1. The van der Waals surface area contributed by atoms with Crippen LogP contribution in [0.4, 0.5) is 5.69 Å². The van der Waals surface area contributed by atoms with Gasteiger partial charge in [0.2, 0.25) is 17.6 Å². The quantitative estimate of drug-likeness (QED) is 0.111. The van der Waals surface area contributed by atoms with Crippen LogP contribution in [-0.2, 0) is 19.2 Å². The minimum absolute atomic E-state index is 0.140. The lowest BCUT2D eigenvalue weighted by molar-refractivity contribution is -0.123. The zero-order valence-corrected chi connectivity index (χ0v) is 30.0. The van der Waals surface area contributed by atoms with E-state index in [0.717, 1.165) is 16.7 Å². The molecule has 1 heterocycles. The number of hydrogen-bond acceptors (Lipinski definition) is 9. The van der Waals surface area contributed by atoms with Gasteiger partial charge in [-0.2, -0.15) is 0 Å². The summed E-state index contributed by atoms with van der Waals surface area (Å²) < 4.78 is 21.5. The first-order valence-corrected chi connectivity index (χ1v) is 17.3. The highest BCUT2D eigenvalue weighted by Crippen LogP contribution is 2.53. The van der Waals surface area contributed by atoms with Crippen LogP contribution in [0.3, 0.4) is 0 Å². The molecule has 53 heavy (non-hydrogen) atoms. The topological polar surface area (TPSA) is 129 Å². The number of rotatable bonds is 9. The van der Waals surface area contributed by atoms with Crippen LogP contribution in [0.2, 0.25) is 0 Å². The number of allylic oxidation sites excluding steroid dienone is 7. The van der Waals surface area contributed by atoms with Gasteiger partial charge in [0.05, 0.1) is 46.0 Å². The Kier molecular flexibility index (Phi) is 9.38. The Balaban J connectivity index is 1.20. The number of carbonyl (C=O) groups is 4. The maximum absolute atomic E-state index is 14.3. The molecule has 1 aliphatic heterocycles. The van der Waals surface area contributed by atoms with E-state index in [1.54, 1.807) is 51.5 Å². The Bertz CT molecular complexity index is 2180. The number of amides is 2. The minimum atomic E-state index is -0.698. The standard InChI is InChI=1S/C43H39NO9/c1-23-18-34(45)33-22-32-29(30(38(33)40(23)46)14-9-25-19-36(52-4)41(47)37(20-25)53-5)15-16-31-39(32)43(49)44(42(31)48)27-11-7-24(8-12-27)6-10-26-21-28(50-2)13-17-35(26)51-3/h6-15,17-21,30-32,39,47H,16,22H2,1-5H3/t30-,31-,32+,39-/m0/s1. The zero-order chi connectivity index (χ0) is 37.6. The molecule has 0 aromatic heterocycles. The van der Waals surface area contributed by atoms with Gasteiger partial charge in [0.15, 0.2) is 23.1 Å². The maximum Gasteiger partial charge on any atom is 0.238 e. The molecule has 10 nitrogen and oxygen atoms in total. The van der Waals surface area contributed by atoms with Crippen LogP contribution < -0.4 is 23.8 Å². The summed E-state index contributed by atoms with van der Waals surface area (Å²) in [4.78, 5) is 56.7. The number of carbonyl (C=O) groups excluding carboxylic acids is 4. The molecule has 270 valence electrons. The summed E-state index contributed by atoms with van der Waals surface area (Å²) in [6.45, 7) is 1.63. The van der Waals surface area contributed by atoms with E-state index in [2.05, 4.69) is 0 Å². The average molecular weight is 714 g/mol. The summed E-state index contributed by atoms with van der Waals surface area (Å²) >= 11 is 0. The molecule has 4 atom stereocenters. The van der Waals surface area contributed by atoms with Gasteiger partial charge in [0.1, 0.15) is 11.5 Å². The molecule has 0 spiro atoms. The number of imide groups is 1. The molecule has 3 aliphatic carbocycles. The first-order chi connectivity index (χ1) is 25.6. The van der Waals surface area contributed by atoms with Crippen molar-refractivity contribution in [2.75, 3.05) is 33.3 Å². The van der Waals surface area contributed by atoms with Crippen LogP contribution in [-0.4, -0.2) is 56.9 Å². The Morgan fingerprint density at radius 3 is 2.11 bits per heavy atom. The van der Waals surface area contributed by atoms with Crippen LogP contribution in [0.15, 0.2) is 95.1 Å². The summed E-state index contributed by atoms with van der Waals surface area (Å²) in [7, 11) is 6.08. The van der Waals surface area contributed by atoms with Gasteiger partial charge >= 0.3 is 0 Å². The molecule has 0 saturated carbocycles. The third-order valence-corrected chi connectivity index (χ3v) is 10.6. The smallest absolute Gasteiger partial charge is 0.238 e. The van der Waals surface area contributed by atoms with Gasteiger partial charge < -0.3 is 24.1 Å². The maximum atomic E-state index is 14.3. The fraction of sp³-hybridized carbons (Fsp3) is 0.256. The molecule has 7 rings (SSSR count). The summed E-state index contributed by atoms with van der Waals surface area (Å²) in [5.74, 6) is -1.76. The second-order valence-corrected chi connectivity index (χ2v) is 13.5. The summed E-state index contributed by atoms with van der Waals surface area (Å²) in [5, 5.41) is 10.4.